The zero-order valence-electron chi connectivity index (χ0n) is 15.1. The Morgan fingerprint density at radius 3 is 2.21 bits per heavy atom. The van der Waals surface area contributed by atoms with Crippen LogP contribution >= 0.6 is 0 Å². The molecule has 0 saturated heterocycles. The first-order valence-corrected chi connectivity index (χ1v) is 9.95. The summed E-state index contributed by atoms with van der Waals surface area (Å²) in [4.78, 5) is 11.8. The van der Waals surface area contributed by atoms with E-state index in [0.717, 1.165) is 6.26 Å². The molecule has 0 atom stereocenters. The lowest BCUT2D eigenvalue weighted by atomic mass is 10.2. The standard InChI is InChI=1S/C17H28N2O4S/c1-13(2)12-18-17(20)10-11-19(24(5,21)22)15-6-8-16(9-7-15)23-14(3)4/h6-9,13-14H,10-12H2,1-5H3,(H,18,20). The number of nitrogens with one attached hydrogen (secondary N) is 1. The van der Waals surface area contributed by atoms with E-state index in [1.807, 2.05) is 27.7 Å². The summed E-state index contributed by atoms with van der Waals surface area (Å²) < 4.78 is 30.9. The number of amides is 1. The predicted octanol–water partition coefficient (Wildman–Crippen LogP) is 2.40. The molecule has 0 radical (unpaired) electrons. The molecule has 24 heavy (non-hydrogen) atoms. The first-order valence-electron chi connectivity index (χ1n) is 8.10. The highest BCUT2D eigenvalue weighted by Gasteiger charge is 2.18. The van der Waals surface area contributed by atoms with Gasteiger partial charge in [-0.05, 0) is 44.0 Å². The summed E-state index contributed by atoms with van der Waals surface area (Å²) in [6.07, 6.45) is 1.30. The largest absolute Gasteiger partial charge is 0.491 e. The van der Waals surface area contributed by atoms with Crippen molar-refractivity contribution >= 4 is 21.6 Å². The van der Waals surface area contributed by atoms with Crippen LogP contribution in [-0.4, -0.2) is 39.8 Å². The molecule has 1 N–H and O–H groups in total. The third-order valence-corrected chi connectivity index (χ3v) is 4.34. The zero-order chi connectivity index (χ0) is 18.3. The molecule has 0 saturated carbocycles. The van der Waals surface area contributed by atoms with E-state index in [4.69, 9.17) is 4.74 Å². The highest BCUT2D eigenvalue weighted by atomic mass is 32.2. The number of carbonyl (C=O) groups is 1. The van der Waals surface area contributed by atoms with Gasteiger partial charge in [-0.1, -0.05) is 13.8 Å². The van der Waals surface area contributed by atoms with Gasteiger partial charge in [-0.2, -0.15) is 0 Å². The number of nitrogens with zero attached hydrogens (tertiary/aromatic N) is 1. The lowest BCUT2D eigenvalue weighted by Crippen LogP contribution is -2.35. The molecule has 1 amide bonds. The zero-order valence-corrected chi connectivity index (χ0v) is 15.9. The van der Waals surface area contributed by atoms with Crippen molar-refractivity contribution in [3.05, 3.63) is 24.3 Å². The van der Waals surface area contributed by atoms with E-state index in [0.29, 0.717) is 23.9 Å². The maximum Gasteiger partial charge on any atom is 0.232 e. The summed E-state index contributed by atoms with van der Waals surface area (Å²) in [6, 6.07) is 6.83. The minimum atomic E-state index is -3.47. The Labute approximate surface area is 145 Å². The highest BCUT2D eigenvalue weighted by molar-refractivity contribution is 7.92. The Kier molecular flexibility index (Phi) is 7.54. The van der Waals surface area contributed by atoms with Crippen LogP contribution in [0.2, 0.25) is 0 Å². The molecule has 0 aliphatic rings. The second-order valence-corrected chi connectivity index (χ2v) is 8.35. The lowest BCUT2D eigenvalue weighted by molar-refractivity contribution is -0.121. The maximum absolute atomic E-state index is 12.0. The summed E-state index contributed by atoms with van der Waals surface area (Å²) in [6.45, 7) is 8.54. The second kappa shape index (κ2) is 8.92. The van der Waals surface area contributed by atoms with Gasteiger partial charge >= 0.3 is 0 Å². The molecule has 0 unspecified atom stereocenters. The van der Waals surface area contributed by atoms with Crippen LogP contribution in [0.4, 0.5) is 5.69 Å². The smallest absolute Gasteiger partial charge is 0.232 e. The summed E-state index contributed by atoms with van der Waals surface area (Å²) in [5, 5.41) is 2.79. The van der Waals surface area contributed by atoms with Crippen LogP contribution < -0.4 is 14.4 Å². The van der Waals surface area contributed by atoms with Crippen LogP contribution in [0.1, 0.15) is 34.1 Å². The Bertz CT molecular complexity index is 624. The van der Waals surface area contributed by atoms with E-state index in [2.05, 4.69) is 5.32 Å². The minimum Gasteiger partial charge on any atom is -0.491 e. The SMILES string of the molecule is CC(C)CNC(=O)CCN(c1ccc(OC(C)C)cc1)S(C)(=O)=O. The molecular formula is C17H28N2O4S. The molecule has 7 heteroatoms. The van der Waals surface area contributed by atoms with Crippen molar-refractivity contribution in [1.82, 2.24) is 5.32 Å². The fourth-order valence-electron chi connectivity index (χ4n) is 2.06. The summed E-state index contributed by atoms with van der Waals surface area (Å²) in [5.74, 6) is 0.877. The number of ether oxygens (including phenoxy) is 1. The molecule has 0 aliphatic heterocycles. The van der Waals surface area contributed by atoms with Crippen molar-refractivity contribution in [1.29, 1.82) is 0 Å². The van der Waals surface area contributed by atoms with Crippen molar-refractivity contribution in [2.45, 2.75) is 40.2 Å². The van der Waals surface area contributed by atoms with E-state index in [-0.39, 0.29) is 25.0 Å². The second-order valence-electron chi connectivity index (χ2n) is 6.44. The van der Waals surface area contributed by atoms with Gasteiger partial charge in [0.2, 0.25) is 15.9 Å². The fourth-order valence-corrected chi connectivity index (χ4v) is 2.99. The fraction of sp³-hybridized carbons (Fsp3) is 0.588. The van der Waals surface area contributed by atoms with Gasteiger partial charge < -0.3 is 10.1 Å². The van der Waals surface area contributed by atoms with Crippen LogP contribution in [0.15, 0.2) is 24.3 Å². The van der Waals surface area contributed by atoms with Crippen molar-refractivity contribution in [2.24, 2.45) is 5.92 Å². The van der Waals surface area contributed by atoms with Crippen molar-refractivity contribution in [3.63, 3.8) is 0 Å². The van der Waals surface area contributed by atoms with Crippen molar-refractivity contribution < 1.29 is 17.9 Å². The summed E-state index contributed by atoms with van der Waals surface area (Å²) in [7, 11) is -3.47. The van der Waals surface area contributed by atoms with Crippen LogP contribution in [0.5, 0.6) is 5.75 Å². The molecule has 0 fully saturated rings. The van der Waals surface area contributed by atoms with E-state index >= 15 is 0 Å². The molecule has 0 bridgehead atoms. The molecular weight excluding hydrogens is 328 g/mol. The van der Waals surface area contributed by atoms with Gasteiger partial charge in [0.1, 0.15) is 5.75 Å². The Hall–Kier alpha value is -1.76. The first kappa shape index (κ1) is 20.3. The lowest BCUT2D eigenvalue weighted by Gasteiger charge is -2.22. The predicted molar refractivity (Wildman–Crippen MR) is 96.9 cm³/mol. The molecule has 6 nitrogen and oxygen atoms in total. The van der Waals surface area contributed by atoms with Crippen LogP contribution in [-0.2, 0) is 14.8 Å². The summed E-state index contributed by atoms with van der Waals surface area (Å²) >= 11 is 0. The third-order valence-electron chi connectivity index (χ3n) is 3.15. The number of sulfonamides is 1. The van der Waals surface area contributed by atoms with Crippen LogP contribution in [0.25, 0.3) is 0 Å². The van der Waals surface area contributed by atoms with Gasteiger partial charge in [-0.15, -0.1) is 0 Å². The number of anilines is 1. The molecule has 1 rings (SSSR count). The van der Waals surface area contributed by atoms with E-state index < -0.39 is 10.0 Å². The van der Waals surface area contributed by atoms with Crippen LogP contribution in [0.3, 0.4) is 0 Å². The molecule has 0 aliphatic carbocycles. The maximum atomic E-state index is 12.0. The number of benzene rings is 1. The Morgan fingerprint density at radius 2 is 1.75 bits per heavy atom. The van der Waals surface area contributed by atoms with E-state index in [1.165, 1.54) is 4.31 Å². The Balaban J connectivity index is 2.78. The molecule has 1 aromatic carbocycles. The number of hydrogen-bond acceptors (Lipinski definition) is 4. The van der Waals surface area contributed by atoms with Gasteiger partial charge in [0, 0.05) is 19.5 Å². The van der Waals surface area contributed by atoms with E-state index in [9.17, 15) is 13.2 Å². The van der Waals surface area contributed by atoms with Gasteiger partial charge in [-0.3, -0.25) is 9.10 Å². The number of rotatable bonds is 9. The van der Waals surface area contributed by atoms with Gasteiger partial charge in [-0.25, -0.2) is 8.42 Å². The van der Waals surface area contributed by atoms with E-state index in [1.54, 1.807) is 24.3 Å². The van der Waals surface area contributed by atoms with Crippen LogP contribution in [0, 0.1) is 5.92 Å². The number of hydrogen-bond donors (Lipinski definition) is 1. The molecule has 0 aromatic heterocycles. The van der Waals surface area contributed by atoms with Gasteiger partial charge in [0.15, 0.2) is 0 Å². The quantitative estimate of drug-likeness (QED) is 0.737. The third kappa shape index (κ3) is 7.21. The average Bonchev–Trinajstić information content (AvgIpc) is 2.45. The van der Waals surface area contributed by atoms with Crippen molar-refractivity contribution in [3.8, 4) is 5.75 Å². The topological polar surface area (TPSA) is 75.7 Å². The normalized spacial score (nSPS) is 11.6. The van der Waals surface area contributed by atoms with Crippen molar-refractivity contribution in [2.75, 3.05) is 23.7 Å². The Morgan fingerprint density at radius 1 is 1.17 bits per heavy atom. The molecule has 1 aromatic rings. The highest BCUT2D eigenvalue weighted by Crippen LogP contribution is 2.22. The minimum absolute atomic E-state index is 0.0477. The van der Waals surface area contributed by atoms with Gasteiger partial charge in [0.25, 0.3) is 0 Å². The summed E-state index contributed by atoms with van der Waals surface area (Å²) in [5.41, 5.74) is 0.519. The molecule has 0 spiro atoms. The average molecular weight is 356 g/mol. The monoisotopic (exact) mass is 356 g/mol. The molecule has 0 heterocycles. The van der Waals surface area contributed by atoms with Gasteiger partial charge in [0.05, 0.1) is 18.0 Å². The number of carbonyl (C=O) groups excluding carboxylic acids is 1. The first-order chi connectivity index (χ1) is 11.1. The molecule has 136 valence electrons.